The molecule has 3 aromatic rings. The van der Waals surface area contributed by atoms with Crippen LogP contribution in [0.5, 0.6) is 17.2 Å². The van der Waals surface area contributed by atoms with E-state index in [0.29, 0.717) is 46.4 Å². The van der Waals surface area contributed by atoms with Gasteiger partial charge in [-0.1, -0.05) is 11.8 Å². The molecule has 176 valence electrons. The Morgan fingerprint density at radius 2 is 1.56 bits per heavy atom. The number of benzene rings is 2. The van der Waals surface area contributed by atoms with E-state index in [1.807, 2.05) is 13.8 Å². The van der Waals surface area contributed by atoms with Crippen LogP contribution in [0.2, 0.25) is 0 Å². The maximum Gasteiger partial charge on any atom is 0.257 e. The monoisotopic (exact) mass is 461 g/mol. The number of anilines is 1. The molecule has 0 aliphatic carbocycles. The molecule has 1 N–H and O–H groups in total. The molecule has 2 aromatic carbocycles. The van der Waals surface area contributed by atoms with E-state index in [2.05, 4.69) is 27.1 Å². The molecule has 34 heavy (non-hydrogen) atoms. The van der Waals surface area contributed by atoms with Gasteiger partial charge in [0.2, 0.25) is 0 Å². The van der Waals surface area contributed by atoms with E-state index in [-0.39, 0.29) is 12.0 Å². The Kier molecular flexibility index (Phi) is 8.43. The molecule has 1 atom stereocenters. The summed E-state index contributed by atoms with van der Waals surface area (Å²) in [6.45, 7) is 4.11. The van der Waals surface area contributed by atoms with Gasteiger partial charge in [0.05, 0.1) is 38.9 Å². The van der Waals surface area contributed by atoms with Crippen LogP contribution in [-0.2, 0) is 4.74 Å². The lowest BCUT2D eigenvalue weighted by atomic mass is 10.1. The number of aromatic nitrogens is 2. The Bertz CT molecular complexity index is 1180. The van der Waals surface area contributed by atoms with E-state index in [4.69, 9.17) is 18.9 Å². The second kappa shape index (κ2) is 11.7. The molecule has 0 saturated heterocycles. The number of ether oxygens (including phenoxy) is 4. The number of carbonyl (C=O) groups is 1. The van der Waals surface area contributed by atoms with Crippen molar-refractivity contribution < 1.29 is 23.7 Å². The standard InChI is InChI=1S/C26H27N3O5/c1-17-14-28-25(15-27-17)29-26(30)21-8-19(11-24(12-21)34-18(2)16-31-3)6-7-20-9-22(32-4)13-23(10-20)33-5/h8-15,18H,16H2,1-5H3,(H,28,29,30)/t18-/m0/s1. The molecular formula is C26H27N3O5. The molecule has 8 heteroatoms. The van der Waals surface area contributed by atoms with Gasteiger partial charge in [0.1, 0.15) is 23.4 Å². The van der Waals surface area contributed by atoms with Gasteiger partial charge >= 0.3 is 0 Å². The van der Waals surface area contributed by atoms with Crippen LogP contribution in [-0.4, -0.2) is 49.9 Å². The Morgan fingerprint density at radius 1 is 0.912 bits per heavy atom. The van der Waals surface area contributed by atoms with Crippen LogP contribution in [0.4, 0.5) is 5.82 Å². The summed E-state index contributed by atoms with van der Waals surface area (Å²) in [7, 11) is 4.76. The Morgan fingerprint density at radius 3 is 2.15 bits per heavy atom. The maximum absolute atomic E-state index is 12.9. The minimum absolute atomic E-state index is 0.213. The summed E-state index contributed by atoms with van der Waals surface area (Å²) < 4.78 is 21.7. The van der Waals surface area contributed by atoms with Gasteiger partial charge in [-0.15, -0.1) is 0 Å². The van der Waals surface area contributed by atoms with Gasteiger partial charge in [0, 0.05) is 29.9 Å². The molecule has 3 rings (SSSR count). The molecular weight excluding hydrogens is 434 g/mol. The summed E-state index contributed by atoms with van der Waals surface area (Å²) in [6, 6.07) is 10.5. The fourth-order valence-corrected chi connectivity index (χ4v) is 3.04. The number of nitrogens with zero attached hydrogens (tertiary/aromatic N) is 2. The number of carbonyl (C=O) groups excluding carboxylic acids is 1. The van der Waals surface area contributed by atoms with Crippen LogP contribution in [0.25, 0.3) is 0 Å². The highest BCUT2D eigenvalue weighted by Gasteiger charge is 2.12. The zero-order chi connectivity index (χ0) is 24.5. The van der Waals surface area contributed by atoms with Crippen molar-refractivity contribution in [3.8, 4) is 29.1 Å². The molecule has 0 aliphatic rings. The predicted molar refractivity (Wildman–Crippen MR) is 129 cm³/mol. The van der Waals surface area contributed by atoms with Gasteiger partial charge < -0.3 is 24.3 Å². The van der Waals surface area contributed by atoms with Crippen molar-refractivity contribution in [1.29, 1.82) is 0 Å². The van der Waals surface area contributed by atoms with Crippen molar-refractivity contribution in [3.63, 3.8) is 0 Å². The van der Waals surface area contributed by atoms with Crippen molar-refractivity contribution in [2.24, 2.45) is 0 Å². The van der Waals surface area contributed by atoms with Gasteiger partial charge in [-0.05, 0) is 44.2 Å². The first-order chi connectivity index (χ1) is 16.4. The van der Waals surface area contributed by atoms with Gasteiger partial charge in [-0.3, -0.25) is 9.78 Å². The summed E-state index contributed by atoms with van der Waals surface area (Å²) in [5.74, 6) is 7.95. The molecule has 0 spiro atoms. The Balaban J connectivity index is 1.94. The number of hydrogen-bond donors (Lipinski definition) is 1. The first kappa shape index (κ1) is 24.6. The molecule has 0 unspecified atom stereocenters. The molecule has 8 nitrogen and oxygen atoms in total. The van der Waals surface area contributed by atoms with E-state index in [1.54, 1.807) is 63.9 Å². The number of nitrogens with one attached hydrogen (secondary N) is 1. The second-order valence-electron chi connectivity index (χ2n) is 7.48. The second-order valence-corrected chi connectivity index (χ2v) is 7.48. The highest BCUT2D eigenvalue weighted by Crippen LogP contribution is 2.23. The normalized spacial score (nSPS) is 11.1. The third-order valence-corrected chi connectivity index (χ3v) is 4.63. The molecule has 1 amide bonds. The molecule has 0 saturated carbocycles. The molecule has 0 radical (unpaired) electrons. The van der Waals surface area contributed by atoms with E-state index < -0.39 is 0 Å². The maximum atomic E-state index is 12.9. The highest BCUT2D eigenvalue weighted by molar-refractivity contribution is 6.04. The predicted octanol–water partition coefficient (Wildman–Crippen LogP) is 3.87. The van der Waals surface area contributed by atoms with Crippen LogP contribution in [0.3, 0.4) is 0 Å². The smallest absolute Gasteiger partial charge is 0.257 e. The summed E-state index contributed by atoms with van der Waals surface area (Å²) in [5.41, 5.74) is 2.43. The quantitative estimate of drug-likeness (QED) is 0.509. The SMILES string of the molecule is COC[C@H](C)Oc1cc(C#Cc2cc(OC)cc(OC)c2)cc(C(=O)Nc2cnc(C)cn2)c1. The number of rotatable bonds is 8. The van der Waals surface area contributed by atoms with Crippen molar-refractivity contribution in [2.75, 3.05) is 33.3 Å². The third-order valence-electron chi connectivity index (χ3n) is 4.63. The lowest BCUT2D eigenvalue weighted by molar-refractivity contribution is 0.0917. The topological polar surface area (TPSA) is 91.8 Å². The van der Waals surface area contributed by atoms with Crippen LogP contribution in [0.15, 0.2) is 48.8 Å². The van der Waals surface area contributed by atoms with Crippen LogP contribution in [0, 0.1) is 18.8 Å². The van der Waals surface area contributed by atoms with Gasteiger partial charge in [0.15, 0.2) is 5.82 Å². The average Bonchev–Trinajstić information content (AvgIpc) is 2.83. The summed E-state index contributed by atoms with van der Waals surface area (Å²) in [4.78, 5) is 21.2. The molecule has 1 aromatic heterocycles. The Hall–Kier alpha value is -4.09. The van der Waals surface area contributed by atoms with Crippen molar-refractivity contribution in [1.82, 2.24) is 9.97 Å². The lowest BCUT2D eigenvalue weighted by Gasteiger charge is -2.15. The fourth-order valence-electron chi connectivity index (χ4n) is 3.04. The molecule has 0 fully saturated rings. The van der Waals surface area contributed by atoms with Crippen LogP contribution in [0.1, 0.15) is 34.1 Å². The number of aryl methyl sites for hydroxylation is 1. The van der Waals surface area contributed by atoms with E-state index >= 15 is 0 Å². The largest absolute Gasteiger partial charge is 0.497 e. The highest BCUT2D eigenvalue weighted by atomic mass is 16.5. The average molecular weight is 462 g/mol. The van der Waals surface area contributed by atoms with Crippen molar-refractivity contribution >= 4 is 11.7 Å². The number of methoxy groups -OCH3 is 3. The van der Waals surface area contributed by atoms with Gasteiger partial charge in [-0.2, -0.15) is 0 Å². The fraction of sp³-hybridized carbons (Fsp3) is 0.269. The van der Waals surface area contributed by atoms with Crippen LogP contribution >= 0.6 is 0 Å². The summed E-state index contributed by atoms with van der Waals surface area (Å²) in [6.07, 6.45) is 2.88. The van der Waals surface area contributed by atoms with Crippen LogP contribution < -0.4 is 19.5 Å². The summed E-state index contributed by atoms with van der Waals surface area (Å²) >= 11 is 0. The minimum Gasteiger partial charge on any atom is -0.497 e. The molecule has 0 aliphatic heterocycles. The zero-order valence-electron chi connectivity index (χ0n) is 19.8. The first-order valence-corrected chi connectivity index (χ1v) is 10.6. The first-order valence-electron chi connectivity index (χ1n) is 10.6. The number of hydrogen-bond acceptors (Lipinski definition) is 7. The van der Waals surface area contributed by atoms with E-state index in [9.17, 15) is 4.79 Å². The number of amides is 1. The minimum atomic E-state index is -0.353. The molecule has 0 bridgehead atoms. The van der Waals surface area contributed by atoms with Crippen molar-refractivity contribution in [2.45, 2.75) is 20.0 Å². The van der Waals surface area contributed by atoms with Gasteiger partial charge in [-0.25, -0.2) is 4.98 Å². The molecule has 1 heterocycles. The van der Waals surface area contributed by atoms with Gasteiger partial charge in [0.25, 0.3) is 5.91 Å². The Labute approximate surface area is 199 Å². The zero-order valence-corrected chi connectivity index (χ0v) is 19.8. The summed E-state index contributed by atoms with van der Waals surface area (Å²) in [5, 5.41) is 2.75. The van der Waals surface area contributed by atoms with E-state index in [1.165, 1.54) is 6.20 Å². The van der Waals surface area contributed by atoms with Crippen molar-refractivity contribution in [3.05, 3.63) is 71.2 Å². The lowest BCUT2D eigenvalue weighted by Crippen LogP contribution is -2.19. The third kappa shape index (κ3) is 6.95. The van der Waals surface area contributed by atoms with E-state index in [0.717, 1.165) is 5.69 Å².